The fourth-order valence-corrected chi connectivity index (χ4v) is 3.00. The van der Waals surface area contributed by atoms with Gasteiger partial charge in [-0.05, 0) is 37.0 Å². The van der Waals surface area contributed by atoms with Gasteiger partial charge in [0.05, 0.1) is 7.11 Å². The van der Waals surface area contributed by atoms with E-state index in [9.17, 15) is 0 Å². The smallest absolute Gasteiger partial charge is 0.123 e. The lowest BCUT2D eigenvalue weighted by Crippen LogP contribution is -2.41. The first kappa shape index (κ1) is 12.7. The van der Waals surface area contributed by atoms with Crippen molar-refractivity contribution in [2.45, 2.75) is 38.0 Å². The molecule has 0 atom stereocenters. The second-order valence-corrected chi connectivity index (χ2v) is 5.24. The quantitative estimate of drug-likeness (QED) is 0.894. The standard InChI is InChI=1S/C14H20ClNO/c1-3-11-12(15)7-10(8-13(11)17-2)14(9-16)5-4-6-14/h7-8H,3-6,9,16H2,1-2H3. The van der Waals surface area contributed by atoms with Gasteiger partial charge in [-0.1, -0.05) is 24.9 Å². The summed E-state index contributed by atoms with van der Waals surface area (Å²) in [5.74, 6) is 0.898. The number of hydrogen-bond donors (Lipinski definition) is 1. The first-order chi connectivity index (χ1) is 8.16. The number of methoxy groups -OCH3 is 1. The molecule has 1 aromatic carbocycles. The Kier molecular flexibility index (Phi) is 3.64. The molecule has 0 radical (unpaired) electrons. The van der Waals surface area contributed by atoms with E-state index in [4.69, 9.17) is 22.1 Å². The van der Waals surface area contributed by atoms with Gasteiger partial charge in [0.1, 0.15) is 5.75 Å². The Morgan fingerprint density at radius 1 is 1.41 bits per heavy atom. The third kappa shape index (κ3) is 2.04. The van der Waals surface area contributed by atoms with Crippen LogP contribution in [-0.4, -0.2) is 13.7 Å². The van der Waals surface area contributed by atoms with Crippen LogP contribution in [0, 0.1) is 0 Å². The van der Waals surface area contributed by atoms with Gasteiger partial charge in [-0.3, -0.25) is 0 Å². The van der Waals surface area contributed by atoms with Crippen molar-refractivity contribution >= 4 is 11.6 Å². The van der Waals surface area contributed by atoms with Gasteiger partial charge < -0.3 is 10.5 Å². The number of rotatable bonds is 4. The molecule has 1 saturated carbocycles. The second-order valence-electron chi connectivity index (χ2n) is 4.83. The Labute approximate surface area is 108 Å². The van der Waals surface area contributed by atoms with E-state index in [2.05, 4.69) is 19.1 Å². The molecule has 2 N–H and O–H groups in total. The maximum Gasteiger partial charge on any atom is 0.123 e. The molecule has 0 heterocycles. The Balaban J connectivity index is 2.46. The van der Waals surface area contributed by atoms with Crippen molar-refractivity contribution in [2.75, 3.05) is 13.7 Å². The summed E-state index contributed by atoms with van der Waals surface area (Å²) in [5, 5.41) is 0.807. The van der Waals surface area contributed by atoms with Gasteiger partial charge in [0.2, 0.25) is 0 Å². The van der Waals surface area contributed by atoms with Crippen molar-refractivity contribution < 1.29 is 4.74 Å². The summed E-state index contributed by atoms with van der Waals surface area (Å²) in [6.45, 7) is 2.78. The van der Waals surface area contributed by atoms with E-state index < -0.39 is 0 Å². The minimum absolute atomic E-state index is 0.142. The zero-order chi connectivity index (χ0) is 12.5. The number of nitrogens with two attached hydrogens (primary N) is 1. The molecule has 1 aromatic rings. The molecular formula is C14H20ClNO. The summed E-state index contributed by atoms with van der Waals surface area (Å²) in [4.78, 5) is 0. The highest BCUT2D eigenvalue weighted by Crippen LogP contribution is 2.45. The average molecular weight is 254 g/mol. The van der Waals surface area contributed by atoms with Gasteiger partial charge in [-0.2, -0.15) is 0 Å². The number of halogens is 1. The first-order valence-corrected chi connectivity index (χ1v) is 6.61. The van der Waals surface area contributed by atoms with Gasteiger partial charge in [-0.25, -0.2) is 0 Å². The van der Waals surface area contributed by atoms with Gasteiger partial charge in [0.15, 0.2) is 0 Å². The van der Waals surface area contributed by atoms with Crippen LogP contribution in [0.2, 0.25) is 5.02 Å². The molecule has 2 nitrogen and oxygen atoms in total. The van der Waals surface area contributed by atoms with Crippen LogP contribution in [0.3, 0.4) is 0 Å². The van der Waals surface area contributed by atoms with Crippen LogP contribution in [0.1, 0.15) is 37.3 Å². The van der Waals surface area contributed by atoms with Crippen LogP contribution in [0.15, 0.2) is 12.1 Å². The predicted molar refractivity (Wildman–Crippen MR) is 72.0 cm³/mol. The molecule has 0 spiro atoms. The van der Waals surface area contributed by atoms with Crippen LogP contribution in [0.5, 0.6) is 5.75 Å². The lowest BCUT2D eigenvalue weighted by molar-refractivity contribution is 0.252. The van der Waals surface area contributed by atoms with Crippen molar-refractivity contribution in [1.82, 2.24) is 0 Å². The monoisotopic (exact) mass is 253 g/mol. The highest BCUT2D eigenvalue weighted by molar-refractivity contribution is 6.31. The van der Waals surface area contributed by atoms with Gasteiger partial charge >= 0.3 is 0 Å². The molecule has 0 unspecified atom stereocenters. The fraction of sp³-hybridized carbons (Fsp3) is 0.571. The summed E-state index contributed by atoms with van der Waals surface area (Å²) in [5.41, 5.74) is 8.40. The van der Waals surface area contributed by atoms with Crippen molar-refractivity contribution in [3.63, 3.8) is 0 Å². The largest absolute Gasteiger partial charge is 0.496 e. The van der Waals surface area contributed by atoms with Crippen LogP contribution < -0.4 is 10.5 Å². The van der Waals surface area contributed by atoms with Crippen molar-refractivity contribution in [3.05, 3.63) is 28.3 Å². The topological polar surface area (TPSA) is 35.2 Å². The Morgan fingerprint density at radius 2 is 2.12 bits per heavy atom. The average Bonchev–Trinajstić information content (AvgIpc) is 2.27. The maximum atomic E-state index is 6.34. The minimum Gasteiger partial charge on any atom is -0.496 e. The lowest BCUT2D eigenvalue weighted by Gasteiger charge is -2.42. The van der Waals surface area contributed by atoms with E-state index in [0.29, 0.717) is 6.54 Å². The molecule has 0 bridgehead atoms. The Hall–Kier alpha value is -0.730. The van der Waals surface area contributed by atoms with Crippen LogP contribution in [-0.2, 0) is 11.8 Å². The molecule has 1 aliphatic rings. The molecular weight excluding hydrogens is 234 g/mol. The van der Waals surface area contributed by atoms with Crippen LogP contribution in [0.25, 0.3) is 0 Å². The van der Waals surface area contributed by atoms with E-state index in [1.807, 2.05) is 0 Å². The van der Waals surface area contributed by atoms with Crippen molar-refractivity contribution in [3.8, 4) is 5.75 Å². The molecule has 2 rings (SSSR count). The molecule has 17 heavy (non-hydrogen) atoms. The fourth-order valence-electron chi connectivity index (χ4n) is 2.66. The highest BCUT2D eigenvalue weighted by Gasteiger charge is 2.38. The maximum absolute atomic E-state index is 6.34. The minimum atomic E-state index is 0.142. The third-order valence-electron chi connectivity index (χ3n) is 4.04. The summed E-state index contributed by atoms with van der Waals surface area (Å²) < 4.78 is 5.44. The zero-order valence-electron chi connectivity index (χ0n) is 10.6. The van der Waals surface area contributed by atoms with Crippen molar-refractivity contribution in [2.24, 2.45) is 5.73 Å². The number of ether oxygens (including phenoxy) is 1. The third-order valence-corrected chi connectivity index (χ3v) is 4.38. The highest BCUT2D eigenvalue weighted by atomic mass is 35.5. The SMILES string of the molecule is CCc1c(Cl)cc(C2(CN)CCC2)cc1OC. The van der Waals surface area contributed by atoms with Gasteiger partial charge in [0, 0.05) is 22.5 Å². The summed E-state index contributed by atoms with van der Waals surface area (Å²) in [6.07, 6.45) is 4.47. The van der Waals surface area contributed by atoms with E-state index >= 15 is 0 Å². The van der Waals surface area contributed by atoms with E-state index in [1.54, 1.807) is 7.11 Å². The van der Waals surface area contributed by atoms with Gasteiger partial charge in [-0.15, -0.1) is 0 Å². The predicted octanol–water partition coefficient (Wildman–Crippen LogP) is 3.29. The lowest BCUT2D eigenvalue weighted by atomic mass is 9.64. The van der Waals surface area contributed by atoms with E-state index in [-0.39, 0.29) is 5.41 Å². The summed E-state index contributed by atoms with van der Waals surface area (Å²) in [7, 11) is 1.70. The van der Waals surface area contributed by atoms with Crippen molar-refractivity contribution in [1.29, 1.82) is 0 Å². The Morgan fingerprint density at radius 3 is 2.53 bits per heavy atom. The second kappa shape index (κ2) is 4.87. The molecule has 0 aliphatic heterocycles. The molecule has 3 heteroatoms. The number of hydrogen-bond acceptors (Lipinski definition) is 2. The van der Waals surface area contributed by atoms with Crippen LogP contribution in [0.4, 0.5) is 0 Å². The molecule has 0 amide bonds. The summed E-state index contributed by atoms with van der Waals surface area (Å²) >= 11 is 6.34. The Bertz CT molecular complexity index is 407. The normalized spacial score (nSPS) is 17.6. The zero-order valence-corrected chi connectivity index (χ0v) is 11.3. The first-order valence-electron chi connectivity index (χ1n) is 6.24. The molecule has 94 valence electrons. The number of benzene rings is 1. The summed E-state index contributed by atoms with van der Waals surface area (Å²) in [6, 6.07) is 4.20. The molecule has 1 aliphatic carbocycles. The van der Waals surface area contributed by atoms with Gasteiger partial charge in [0.25, 0.3) is 0 Å². The molecule has 0 saturated heterocycles. The molecule has 0 aromatic heterocycles. The van der Waals surface area contributed by atoms with E-state index in [0.717, 1.165) is 35.6 Å². The molecule has 1 fully saturated rings. The van der Waals surface area contributed by atoms with Crippen LogP contribution >= 0.6 is 11.6 Å². The van der Waals surface area contributed by atoms with E-state index in [1.165, 1.54) is 12.0 Å².